The number of piperidine rings is 1. The van der Waals surface area contributed by atoms with E-state index in [4.69, 9.17) is 16.7 Å². The second-order valence-electron chi connectivity index (χ2n) is 7.64. The quantitative estimate of drug-likeness (QED) is 0.603. The Morgan fingerprint density at radius 2 is 1.86 bits per heavy atom. The van der Waals surface area contributed by atoms with Crippen LogP contribution in [0.15, 0.2) is 24.3 Å². The number of hydrogen-bond acceptors (Lipinski definition) is 3. The number of carboxylic acid groups (broad SMARTS) is 1. The van der Waals surface area contributed by atoms with Crippen LogP contribution in [0.1, 0.15) is 63.9 Å². The maximum absolute atomic E-state index is 13.5. The molecule has 0 aromatic heterocycles. The van der Waals surface area contributed by atoms with Gasteiger partial charge in [0, 0.05) is 24.2 Å². The van der Waals surface area contributed by atoms with Crippen molar-refractivity contribution in [3.05, 3.63) is 34.9 Å². The fourth-order valence-electron chi connectivity index (χ4n) is 4.25. The van der Waals surface area contributed by atoms with E-state index < -0.39 is 17.6 Å². The molecule has 3 N–H and O–H groups in total. The minimum absolute atomic E-state index is 0.111. The lowest BCUT2D eigenvalue weighted by Gasteiger charge is -2.40. The van der Waals surface area contributed by atoms with Crippen LogP contribution in [-0.4, -0.2) is 51.8 Å². The van der Waals surface area contributed by atoms with E-state index in [2.05, 4.69) is 5.32 Å². The molecule has 7 heteroatoms. The standard InChI is InChI=1S/C21H31ClN2O4/c1-3-10-21(28,11-4-2)18(15-6-5-7-16(22)14-15)19(25)24-12-8-17(9-13-24)23-20(26)27/h5-7,14,17-18,23,28H,3-4,8-13H2,1-2H3,(H,26,27). The third kappa shape index (κ3) is 5.61. The van der Waals surface area contributed by atoms with Gasteiger partial charge in [-0.15, -0.1) is 0 Å². The summed E-state index contributed by atoms with van der Waals surface area (Å²) in [5.74, 6) is -0.796. The highest BCUT2D eigenvalue weighted by atomic mass is 35.5. The molecule has 2 rings (SSSR count). The number of carbonyl (C=O) groups excluding carboxylic acids is 1. The molecule has 1 aromatic rings. The van der Waals surface area contributed by atoms with Crippen molar-refractivity contribution in [3.8, 4) is 0 Å². The van der Waals surface area contributed by atoms with Gasteiger partial charge in [-0.25, -0.2) is 4.79 Å². The third-order valence-corrected chi connectivity index (χ3v) is 5.70. The van der Waals surface area contributed by atoms with E-state index in [1.807, 2.05) is 19.9 Å². The summed E-state index contributed by atoms with van der Waals surface area (Å²) in [5, 5.41) is 23.4. The first kappa shape index (κ1) is 22.5. The Bertz CT molecular complexity index is 668. The molecule has 0 radical (unpaired) electrons. The van der Waals surface area contributed by atoms with Crippen LogP contribution in [0.2, 0.25) is 5.02 Å². The van der Waals surface area contributed by atoms with Crippen LogP contribution >= 0.6 is 11.6 Å². The van der Waals surface area contributed by atoms with Gasteiger partial charge in [0.15, 0.2) is 0 Å². The Morgan fingerprint density at radius 3 is 2.36 bits per heavy atom. The van der Waals surface area contributed by atoms with E-state index in [1.165, 1.54) is 0 Å². The molecule has 0 aliphatic carbocycles. The summed E-state index contributed by atoms with van der Waals surface area (Å²) >= 11 is 6.18. The third-order valence-electron chi connectivity index (χ3n) is 5.47. The van der Waals surface area contributed by atoms with Crippen LogP contribution in [0.5, 0.6) is 0 Å². The highest BCUT2D eigenvalue weighted by Gasteiger charge is 2.43. The number of carbonyl (C=O) groups is 2. The maximum atomic E-state index is 13.5. The molecule has 0 saturated carbocycles. The summed E-state index contributed by atoms with van der Waals surface area (Å²) in [7, 11) is 0. The molecule has 1 aliphatic heterocycles. The number of hydrogen-bond donors (Lipinski definition) is 3. The molecule has 1 saturated heterocycles. The zero-order valence-corrected chi connectivity index (χ0v) is 17.4. The smallest absolute Gasteiger partial charge is 0.404 e. The molecule has 28 heavy (non-hydrogen) atoms. The van der Waals surface area contributed by atoms with Crippen LogP contribution in [-0.2, 0) is 4.79 Å². The van der Waals surface area contributed by atoms with E-state index >= 15 is 0 Å². The maximum Gasteiger partial charge on any atom is 0.404 e. The van der Waals surface area contributed by atoms with Gasteiger partial charge in [0.2, 0.25) is 5.91 Å². The second kappa shape index (κ2) is 10.1. The van der Waals surface area contributed by atoms with Gasteiger partial charge in [-0.2, -0.15) is 0 Å². The largest absolute Gasteiger partial charge is 0.465 e. The number of nitrogens with one attached hydrogen (secondary N) is 1. The number of rotatable bonds is 8. The molecule has 2 amide bonds. The molecule has 1 unspecified atom stereocenters. The summed E-state index contributed by atoms with van der Waals surface area (Å²) in [6.45, 7) is 4.94. The number of nitrogens with zero attached hydrogens (tertiary/aromatic N) is 1. The SMILES string of the molecule is CCCC(O)(CCC)C(C(=O)N1CCC(NC(=O)O)CC1)c1cccc(Cl)c1. The Labute approximate surface area is 171 Å². The van der Waals surface area contributed by atoms with Crippen molar-refractivity contribution in [1.82, 2.24) is 10.2 Å². The first-order valence-corrected chi connectivity index (χ1v) is 10.4. The number of halogens is 1. The monoisotopic (exact) mass is 410 g/mol. The summed E-state index contributed by atoms with van der Waals surface area (Å²) in [6.07, 6.45) is 2.70. The first-order chi connectivity index (χ1) is 13.3. The molecule has 6 nitrogen and oxygen atoms in total. The highest BCUT2D eigenvalue weighted by molar-refractivity contribution is 6.30. The van der Waals surface area contributed by atoms with E-state index in [1.54, 1.807) is 23.1 Å². The van der Waals surface area contributed by atoms with Crippen molar-refractivity contribution in [2.75, 3.05) is 13.1 Å². The fourth-order valence-corrected chi connectivity index (χ4v) is 4.45. The van der Waals surface area contributed by atoms with Crippen molar-refractivity contribution >= 4 is 23.6 Å². The Balaban J connectivity index is 2.28. The van der Waals surface area contributed by atoms with Gasteiger partial charge in [0.25, 0.3) is 0 Å². The molecule has 1 heterocycles. The lowest BCUT2D eigenvalue weighted by Crippen LogP contribution is -2.51. The zero-order valence-electron chi connectivity index (χ0n) is 16.7. The minimum Gasteiger partial charge on any atom is -0.465 e. The minimum atomic E-state index is -1.14. The molecule has 1 aromatic carbocycles. The molecule has 1 atom stereocenters. The van der Waals surface area contributed by atoms with Crippen LogP contribution in [0.25, 0.3) is 0 Å². The first-order valence-electron chi connectivity index (χ1n) is 10.1. The van der Waals surface area contributed by atoms with Crippen LogP contribution in [0.4, 0.5) is 4.79 Å². The summed E-state index contributed by atoms with van der Waals surface area (Å²) in [5.41, 5.74) is -0.408. The molecule has 156 valence electrons. The van der Waals surface area contributed by atoms with Crippen LogP contribution < -0.4 is 5.32 Å². The van der Waals surface area contributed by atoms with Crippen molar-refractivity contribution < 1.29 is 19.8 Å². The van der Waals surface area contributed by atoms with Gasteiger partial charge in [-0.05, 0) is 43.4 Å². The molecular formula is C21H31ClN2O4. The number of aliphatic hydroxyl groups is 1. The Kier molecular flexibility index (Phi) is 8.13. The van der Waals surface area contributed by atoms with Gasteiger partial charge in [0.05, 0.1) is 11.5 Å². The van der Waals surface area contributed by atoms with Gasteiger partial charge in [-0.1, -0.05) is 50.4 Å². The lowest BCUT2D eigenvalue weighted by atomic mass is 9.75. The van der Waals surface area contributed by atoms with E-state index in [9.17, 15) is 14.7 Å². The Hall–Kier alpha value is -1.79. The van der Waals surface area contributed by atoms with Crippen molar-refractivity contribution in [2.45, 2.75) is 69.9 Å². The normalized spacial score (nSPS) is 16.6. The summed E-state index contributed by atoms with van der Waals surface area (Å²) in [4.78, 5) is 26.1. The predicted molar refractivity (Wildman–Crippen MR) is 110 cm³/mol. The molecular weight excluding hydrogens is 380 g/mol. The van der Waals surface area contributed by atoms with Gasteiger partial charge in [0.1, 0.15) is 0 Å². The second-order valence-corrected chi connectivity index (χ2v) is 8.08. The van der Waals surface area contributed by atoms with E-state index in [0.29, 0.717) is 43.8 Å². The van der Waals surface area contributed by atoms with Crippen molar-refractivity contribution in [3.63, 3.8) is 0 Å². The molecule has 1 fully saturated rings. The number of likely N-dealkylation sites (tertiary alicyclic amines) is 1. The number of benzene rings is 1. The number of amides is 2. The topological polar surface area (TPSA) is 89.9 Å². The van der Waals surface area contributed by atoms with Gasteiger partial charge in [-0.3, -0.25) is 4.79 Å². The molecule has 0 spiro atoms. The van der Waals surface area contributed by atoms with Crippen LogP contribution in [0.3, 0.4) is 0 Å². The lowest BCUT2D eigenvalue weighted by molar-refractivity contribution is -0.141. The molecule has 1 aliphatic rings. The van der Waals surface area contributed by atoms with Crippen LogP contribution in [0, 0.1) is 0 Å². The van der Waals surface area contributed by atoms with Crippen molar-refractivity contribution in [2.24, 2.45) is 0 Å². The van der Waals surface area contributed by atoms with Crippen molar-refractivity contribution in [1.29, 1.82) is 0 Å². The average Bonchev–Trinajstić information content (AvgIpc) is 2.62. The summed E-state index contributed by atoms with van der Waals surface area (Å²) < 4.78 is 0. The average molecular weight is 411 g/mol. The predicted octanol–water partition coefficient (Wildman–Crippen LogP) is 4.01. The summed E-state index contributed by atoms with van der Waals surface area (Å²) in [6, 6.07) is 7.03. The van der Waals surface area contributed by atoms with E-state index in [-0.39, 0.29) is 11.9 Å². The van der Waals surface area contributed by atoms with Gasteiger partial charge >= 0.3 is 6.09 Å². The highest BCUT2D eigenvalue weighted by Crippen LogP contribution is 2.38. The van der Waals surface area contributed by atoms with Gasteiger partial charge < -0.3 is 20.4 Å². The molecule has 0 bridgehead atoms. The zero-order chi connectivity index (χ0) is 20.7. The Morgan fingerprint density at radius 1 is 1.25 bits per heavy atom. The van der Waals surface area contributed by atoms with E-state index in [0.717, 1.165) is 18.4 Å². The fraction of sp³-hybridized carbons (Fsp3) is 0.619.